The van der Waals surface area contributed by atoms with Crippen LogP contribution in [0.15, 0.2) is 21.3 Å². The van der Waals surface area contributed by atoms with E-state index < -0.39 is 0 Å². The summed E-state index contributed by atoms with van der Waals surface area (Å²) in [5.74, 6) is 5.61. The molecule has 1 atom stereocenters. The maximum atomic E-state index is 6.12. The second-order valence-corrected chi connectivity index (χ2v) is 7.09. The van der Waals surface area contributed by atoms with Gasteiger partial charge in [-0.25, -0.2) is 5.43 Å². The maximum Gasteiger partial charge on any atom is 0.0909 e. The van der Waals surface area contributed by atoms with Crippen molar-refractivity contribution >= 4 is 50.2 Å². The molecule has 16 heavy (non-hydrogen) atoms. The molecule has 2 aromatic rings. The summed E-state index contributed by atoms with van der Waals surface area (Å²) in [5.41, 5.74) is 4.03. The van der Waals surface area contributed by atoms with Crippen LogP contribution in [0.3, 0.4) is 0 Å². The highest BCUT2D eigenvalue weighted by Gasteiger charge is 2.19. The Morgan fingerprint density at radius 2 is 2.31 bits per heavy atom. The van der Waals surface area contributed by atoms with Crippen LogP contribution in [0.2, 0.25) is 5.02 Å². The van der Waals surface area contributed by atoms with Crippen molar-refractivity contribution in [2.45, 2.75) is 13.0 Å². The van der Waals surface area contributed by atoms with E-state index in [1.54, 1.807) is 22.7 Å². The number of halogens is 2. The van der Waals surface area contributed by atoms with Gasteiger partial charge in [0.25, 0.3) is 0 Å². The molecule has 0 saturated carbocycles. The predicted octanol–water partition coefficient (Wildman–Crippen LogP) is 4.09. The molecule has 0 aliphatic rings. The summed E-state index contributed by atoms with van der Waals surface area (Å²) in [6.45, 7) is 2.06. The zero-order valence-corrected chi connectivity index (χ0v) is 12.4. The molecule has 0 spiro atoms. The largest absolute Gasteiger partial charge is 0.271 e. The van der Waals surface area contributed by atoms with Crippen molar-refractivity contribution in [3.8, 4) is 0 Å². The Kier molecular flexibility index (Phi) is 4.05. The van der Waals surface area contributed by atoms with Crippen molar-refractivity contribution in [1.29, 1.82) is 0 Å². The molecule has 3 N–H and O–H groups in total. The average Bonchev–Trinajstić information content (AvgIpc) is 2.78. The molecule has 2 heterocycles. The van der Waals surface area contributed by atoms with Gasteiger partial charge in [0, 0.05) is 9.75 Å². The number of thiophene rings is 2. The summed E-state index contributed by atoms with van der Waals surface area (Å²) in [4.78, 5) is 2.22. The molecule has 0 radical (unpaired) electrons. The molecule has 2 rings (SSSR count). The van der Waals surface area contributed by atoms with Gasteiger partial charge in [-0.15, -0.1) is 22.7 Å². The number of nitrogens with one attached hydrogen (secondary N) is 1. The van der Waals surface area contributed by atoms with Gasteiger partial charge >= 0.3 is 0 Å². The number of hydrogen-bond donors (Lipinski definition) is 2. The third kappa shape index (κ3) is 2.34. The van der Waals surface area contributed by atoms with Gasteiger partial charge in [-0.05, 0) is 45.9 Å². The van der Waals surface area contributed by atoms with Crippen LogP contribution in [0.5, 0.6) is 0 Å². The molecule has 0 fully saturated rings. The summed E-state index contributed by atoms with van der Waals surface area (Å²) in [6.07, 6.45) is 0. The van der Waals surface area contributed by atoms with E-state index in [9.17, 15) is 0 Å². The highest BCUT2D eigenvalue weighted by Crippen LogP contribution is 2.38. The molecule has 2 nitrogen and oxygen atoms in total. The van der Waals surface area contributed by atoms with Gasteiger partial charge in [0.1, 0.15) is 0 Å². The molecule has 2 aromatic heterocycles. The van der Waals surface area contributed by atoms with Crippen LogP contribution in [0.4, 0.5) is 0 Å². The van der Waals surface area contributed by atoms with E-state index in [1.807, 2.05) is 11.4 Å². The molecule has 0 amide bonds. The van der Waals surface area contributed by atoms with Gasteiger partial charge in [0.15, 0.2) is 0 Å². The molecular formula is C10H10BrClN2S2. The van der Waals surface area contributed by atoms with Crippen molar-refractivity contribution < 1.29 is 0 Å². The lowest BCUT2D eigenvalue weighted by Gasteiger charge is -2.12. The maximum absolute atomic E-state index is 6.12. The Morgan fingerprint density at radius 1 is 1.56 bits per heavy atom. The average molecular weight is 338 g/mol. The van der Waals surface area contributed by atoms with Gasteiger partial charge in [-0.3, -0.25) is 5.84 Å². The summed E-state index contributed by atoms with van der Waals surface area (Å²) < 4.78 is 1.13. The van der Waals surface area contributed by atoms with Gasteiger partial charge in [-0.1, -0.05) is 11.6 Å². The lowest BCUT2D eigenvalue weighted by molar-refractivity contribution is 0.656. The van der Waals surface area contributed by atoms with Crippen molar-refractivity contribution in [2.24, 2.45) is 5.84 Å². The number of aryl methyl sites for hydroxylation is 1. The lowest BCUT2D eigenvalue weighted by Crippen LogP contribution is -2.27. The first kappa shape index (κ1) is 12.5. The summed E-state index contributed by atoms with van der Waals surface area (Å²) in [6, 6.07) is 3.99. The predicted molar refractivity (Wildman–Crippen MR) is 75.3 cm³/mol. The Hall–Kier alpha value is 0.0900. The molecular weight excluding hydrogens is 328 g/mol. The number of rotatable bonds is 3. The standard InChI is InChI=1S/C10H10BrClN2S2/c1-5-4-7(16-10(5)11)8(14-13)9-6(12)2-3-15-9/h2-4,8,14H,13H2,1H3. The van der Waals surface area contributed by atoms with Crippen molar-refractivity contribution in [1.82, 2.24) is 5.43 Å². The minimum Gasteiger partial charge on any atom is -0.271 e. The highest BCUT2D eigenvalue weighted by atomic mass is 79.9. The van der Waals surface area contributed by atoms with Crippen LogP contribution < -0.4 is 11.3 Å². The van der Waals surface area contributed by atoms with Gasteiger partial charge in [-0.2, -0.15) is 0 Å². The normalized spacial score (nSPS) is 13.0. The van der Waals surface area contributed by atoms with E-state index in [2.05, 4.69) is 34.3 Å². The molecule has 0 bridgehead atoms. The van der Waals surface area contributed by atoms with E-state index in [-0.39, 0.29) is 6.04 Å². The fourth-order valence-corrected chi connectivity index (χ4v) is 4.38. The third-order valence-electron chi connectivity index (χ3n) is 2.23. The second kappa shape index (κ2) is 5.16. The molecule has 0 aliphatic carbocycles. The molecule has 86 valence electrons. The van der Waals surface area contributed by atoms with Crippen LogP contribution in [0, 0.1) is 6.92 Å². The molecule has 0 aromatic carbocycles. The number of nitrogens with two attached hydrogens (primary N) is 1. The Morgan fingerprint density at radius 3 is 2.75 bits per heavy atom. The molecule has 0 aliphatic heterocycles. The monoisotopic (exact) mass is 336 g/mol. The fraction of sp³-hybridized carbons (Fsp3) is 0.200. The van der Waals surface area contributed by atoms with Crippen LogP contribution >= 0.6 is 50.2 Å². The Balaban J connectivity index is 2.40. The van der Waals surface area contributed by atoms with Crippen LogP contribution in [-0.4, -0.2) is 0 Å². The van der Waals surface area contributed by atoms with Crippen LogP contribution in [0.25, 0.3) is 0 Å². The topological polar surface area (TPSA) is 38.0 Å². The Labute approximate surface area is 116 Å². The minimum atomic E-state index is -0.0255. The first-order valence-electron chi connectivity index (χ1n) is 4.58. The summed E-state index contributed by atoms with van der Waals surface area (Å²) in [7, 11) is 0. The SMILES string of the molecule is Cc1cc(C(NN)c2sccc2Cl)sc1Br. The lowest BCUT2D eigenvalue weighted by atomic mass is 10.2. The quantitative estimate of drug-likeness (QED) is 0.654. The van der Waals surface area contributed by atoms with Crippen LogP contribution in [-0.2, 0) is 0 Å². The van der Waals surface area contributed by atoms with E-state index in [4.69, 9.17) is 17.4 Å². The number of hydrazine groups is 1. The first-order valence-corrected chi connectivity index (χ1v) is 7.45. The third-order valence-corrected chi connectivity index (χ3v) is 5.86. The Bertz CT molecular complexity index is 475. The smallest absolute Gasteiger partial charge is 0.0909 e. The molecule has 1 unspecified atom stereocenters. The second-order valence-electron chi connectivity index (χ2n) is 3.34. The van der Waals surface area contributed by atoms with E-state index in [1.165, 1.54) is 5.56 Å². The zero-order chi connectivity index (χ0) is 11.7. The molecule has 0 saturated heterocycles. The van der Waals surface area contributed by atoms with Crippen molar-refractivity contribution in [3.05, 3.63) is 41.6 Å². The van der Waals surface area contributed by atoms with E-state index >= 15 is 0 Å². The van der Waals surface area contributed by atoms with E-state index in [0.29, 0.717) is 0 Å². The molecule has 6 heteroatoms. The fourth-order valence-electron chi connectivity index (χ4n) is 1.42. The van der Waals surface area contributed by atoms with Gasteiger partial charge in [0.2, 0.25) is 0 Å². The van der Waals surface area contributed by atoms with Crippen molar-refractivity contribution in [2.75, 3.05) is 0 Å². The summed E-state index contributed by atoms with van der Waals surface area (Å²) >= 11 is 12.9. The highest BCUT2D eigenvalue weighted by molar-refractivity contribution is 9.11. The van der Waals surface area contributed by atoms with Crippen molar-refractivity contribution in [3.63, 3.8) is 0 Å². The van der Waals surface area contributed by atoms with Gasteiger partial charge < -0.3 is 0 Å². The minimum absolute atomic E-state index is 0.0255. The first-order chi connectivity index (χ1) is 7.63. The van der Waals surface area contributed by atoms with Gasteiger partial charge in [0.05, 0.1) is 14.9 Å². The van der Waals surface area contributed by atoms with Crippen LogP contribution in [0.1, 0.15) is 21.4 Å². The zero-order valence-electron chi connectivity index (χ0n) is 8.46. The van der Waals surface area contributed by atoms with E-state index in [0.717, 1.165) is 18.6 Å². The summed E-state index contributed by atoms with van der Waals surface area (Å²) in [5, 5.41) is 2.73. The number of hydrogen-bond acceptors (Lipinski definition) is 4.